The number of furan rings is 1. The van der Waals surface area contributed by atoms with E-state index in [0.29, 0.717) is 22.2 Å². The molecule has 174 valence electrons. The molecule has 0 atom stereocenters. The first-order valence-corrected chi connectivity index (χ1v) is 10.4. The summed E-state index contributed by atoms with van der Waals surface area (Å²) in [5.41, 5.74) is 1.58. The molecule has 0 saturated heterocycles. The molecule has 4 aromatic rings. The fourth-order valence-electron chi connectivity index (χ4n) is 3.10. The highest BCUT2D eigenvalue weighted by Gasteiger charge is 2.22. The summed E-state index contributed by atoms with van der Waals surface area (Å²) in [7, 11) is 2.87. The molecule has 4 rings (SSSR count). The van der Waals surface area contributed by atoms with Gasteiger partial charge in [0.2, 0.25) is 0 Å². The molecule has 2 aromatic carbocycles. The number of methoxy groups -OCH3 is 2. The van der Waals surface area contributed by atoms with E-state index in [0.717, 1.165) is 5.56 Å². The quantitative estimate of drug-likeness (QED) is 0.340. The van der Waals surface area contributed by atoms with Crippen LogP contribution in [0.1, 0.15) is 26.7 Å². The number of benzene rings is 2. The lowest BCUT2D eigenvalue weighted by Gasteiger charge is -2.14. The summed E-state index contributed by atoms with van der Waals surface area (Å²) in [4.78, 5) is 25.4. The van der Waals surface area contributed by atoms with Gasteiger partial charge in [0.05, 0.1) is 31.7 Å². The van der Waals surface area contributed by atoms with Crippen LogP contribution in [0.25, 0.3) is 11.3 Å². The van der Waals surface area contributed by atoms with Crippen molar-refractivity contribution in [1.29, 1.82) is 0 Å². The van der Waals surface area contributed by atoms with Crippen LogP contribution in [-0.4, -0.2) is 31.3 Å². The topological polar surface area (TPSA) is 113 Å². The zero-order valence-corrected chi connectivity index (χ0v) is 18.9. The predicted octanol–water partition coefficient (Wildman–Crippen LogP) is 5.21. The minimum atomic E-state index is -0.722. The maximum absolute atomic E-state index is 12.9. The van der Waals surface area contributed by atoms with Gasteiger partial charge in [-0.3, -0.25) is 4.79 Å². The number of rotatable bonds is 8. The van der Waals surface area contributed by atoms with Gasteiger partial charge in [-0.15, -0.1) is 0 Å². The fraction of sp³-hybridized carbons (Fsp3) is 0.125. The maximum atomic E-state index is 12.9. The Morgan fingerprint density at radius 2 is 1.76 bits per heavy atom. The van der Waals surface area contributed by atoms with Crippen LogP contribution >= 0.6 is 11.6 Å². The second-order valence-corrected chi connectivity index (χ2v) is 7.38. The second-order valence-electron chi connectivity index (χ2n) is 6.95. The standard InChI is InChI=1S/C24H19ClN2O7/c1-30-21-11-17(19(12-22(21)31-2)26-23(28)20-4-3-9-32-20)24(29)33-13-16-10-18(27-34-16)14-5-7-15(25)8-6-14/h3-12H,13H2,1-2H3,(H,26,28). The van der Waals surface area contributed by atoms with E-state index in [1.165, 1.54) is 38.7 Å². The largest absolute Gasteiger partial charge is 0.493 e. The minimum Gasteiger partial charge on any atom is -0.493 e. The molecule has 2 heterocycles. The van der Waals surface area contributed by atoms with E-state index in [1.807, 2.05) is 0 Å². The van der Waals surface area contributed by atoms with Crippen molar-refractivity contribution >= 4 is 29.2 Å². The van der Waals surface area contributed by atoms with Crippen LogP contribution in [0.3, 0.4) is 0 Å². The Labute approximate surface area is 199 Å². The van der Waals surface area contributed by atoms with Crippen molar-refractivity contribution in [2.24, 2.45) is 0 Å². The first kappa shape index (κ1) is 22.9. The molecule has 0 unspecified atom stereocenters. The predicted molar refractivity (Wildman–Crippen MR) is 122 cm³/mol. The molecule has 1 amide bonds. The lowest BCUT2D eigenvalue weighted by molar-refractivity contribution is 0.0438. The molecule has 0 aliphatic heterocycles. The Kier molecular flexibility index (Phi) is 6.84. The summed E-state index contributed by atoms with van der Waals surface area (Å²) in [6.07, 6.45) is 1.37. The molecule has 0 saturated carbocycles. The van der Waals surface area contributed by atoms with Gasteiger partial charge in [0, 0.05) is 28.8 Å². The summed E-state index contributed by atoms with van der Waals surface area (Å²) in [5.74, 6) is -0.258. The number of amides is 1. The Morgan fingerprint density at radius 1 is 1.03 bits per heavy atom. The lowest BCUT2D eigenvalue weighted by atomic mass is 10.1. The molecule has 0 aliphatic rings. The number of hydrogen-bond donors (Lipinski definition) is 1. The van der Waals surface area contributed by atoms with Gasteiger partial charge in [-0.25, -0.2) is 4.79 Å². The average molecular weight is 483 g/mol. The van der Waals surface area contributed by atoms with E-state index in [1.54, 1.807) is 36.4 Å². The number of carbonyl (C=O) groups is 2. The van der Waals surface area contributed by atoms with Crippen LogP contribution in [0.4, 0.5) is 5.69 Å². The molecule has 1 N–H and O–H groups in total. The number of aromatic nitrogens is 1. The van der Waals surface area contributed by atoms with Crippen LogP contribution in [0, 0.1) is 0 Å². The molecule has 0 aliphatic carbocycles. The van der Waals surface area contributed by atoms with Crippen molar-refractivity contribution in [3.8, 4) is 22.8 Å². The van der Waals surface area contributed by atoms with E-state index >= 15 is 0 Å². The van der Waals surface area contributed by atoms with Crippen molar-refractivity contribution < 1.29 is 32.7 Å². The van der Waals surface area contributed by atoms with Crippen LogP contribution in [-0.2, 0) is 11.3 Å². The zero-order chi connectivity index (χ0) is 24.1. The summed E-state index contributed by atoms with van der Waals surface area (Å²) in [5, 5.41) is 7.22. The number of esters is 1. The molecule has 0 bridgehead atoms. The zero-order valence-electron chi connectivity index (χ0n) is 18.2. The number of nitrogens with zero attached hydrogens (tertiary/aromatic N) is 1. The Morgan fingerprint density at radius 3 is 2.44 bits per heavy atom. The highest BCUT2D eigenvalue weighted by molar-refractivity contribution is 6.30. The van der Waals surface area contributed by atoms with Crippen LogP contribution in [0.15, 0.2) is 69.8 Å². The molecular weight excluding hydrogens is 464 g/mol. The van der Waals surface area contributed by atoms with Crippen molar-refractivity contribution in [3.05, 3.63) is 83.0 Å². The van der Waals surface area contributed by atoms with Gasteiger partial charge in [0.15, 0.2) is 29.6 Å². The van der Waals surface area contributed by atoms with Crippen molar-refractivity contribution in [1.82, 2.24) is 5.16 Å². The van der Waals surface area contributed by atoms with Crippen molar-refractivity contribution in [2.45, 2.75) is 6.61 Å². The van der Waals surface area contributed by atoms with Crippen LogP contribution in [0.5, 0.6) is 11.5 Å². The number of anilines is 1. The Bertz CT molecular complexity index is 1300. The van der Waals surface area contributed by atoms with Crippen molar-refractivity contribution in [3.63, 3.8) is 0 Å². The Hall–Kier alpha value is -4.24. The molecular formula is C24H19ClN2O7. The van der Waals surface area contributed by atoms with Gasteiger partial charge in [0.25, 0.3) is 5.91 Å². The summed E-state index contributed by atoms with van der Waals surface area (Å²) in [6.45, 7) is -0.181. The highest BCUT2D eigenvalue weighted by atomic mass is 35.5. The smallest absolute Gasteiger partial charge is 0.340 e. The van der Waals surface area contributed by atoms with Gasteiger partial charge in [-0.05, 0) is 24.3 Å². The number of carbonyl (C=O) groups excluding carboxylic acids is 2. The molecule has 9 nitrogen and oxygen atoms in total. The van der Waals surface area contributed by atoms with Crippen molar-refractivity contribution in [2.75, 3.05) is 19.5 Å². The third-order valence-corrected chi connectivity index (χ3v) is 5.03. The Balaban J connectivity index is 1.53. The molecule has 0 spiro atoms. The minimum absolute atomic E-state index is 0.0509. The maximum Gasteiger partial charge on any atom is 0.340 e. The van der Waals surface area contributed by atoms with Gasteiger partial charge >= 0.3 is 5.97 Å². The SMILES string of the molecule is COc1cc(NC(=O)c2ccco2)c(C(=O)OCc2cc(-c3ccc(Cl)cc3)no2)cc1OC. The van der Waals surface area contributed by atoms with Crippen LogP contribution < -0.4 is 14.8 Å². The number of hydrogen-bond acceptors (Lipinski definition) is 8. The van der Waals surface area contributed by atoms with E-state index in [4.69, 9.17) is 34.8 Å². The summed E-state index contributed by atoms with van der Waals surface area (Å²) in [6, 6.07) is 14.7. The van der Waals surface area contributed by atoms with E-state index in [2.05, 4.69) is 10.5 Å². The summed E-state index contributed by atoms with van der Waals surface area (Å²) >= 11 is 5.91. The van der Waals surface area contributed by atoms with Gasteiger partial charge in [0.1, 0.15) is 5.69 Å². The third-order valence-electron chi connectivity index (χ3n) is 4.78. The third kappa shape index (κ3) is 5.05. The number of ether oxygens (including phenoxy) is 3. The normalized spacial score (nSPS) is 10.6. The molecule has 0 radical (unpaired) electrons. The number of nitrogens with one attached hydrogen (secondary N) is 1. The van der Waals surface area contributed by atoms with E-state index < -0.39 is 11.9 Å². The molecule has 34 heavy (non-hydrogen) atoms. The highest BCUT2D eigenvalue weighted by Crippen LogP contribution is 2.34. The van der Waals surface area contributed by atoms with E-state index in [-0.39, 0.29) is 29.4 Å². The first-order valence-electron chi connectivity index (χ1n) is 9.98. The number of halogens is 1. The van der Waals surface area contributed by atoms with Gasteiger partial charge < -0.3 is 28.5 Å². The van der Waals surface area contributed by atoms with Crippen LogP contribution in [0.2, 0.25) is 5.02 Å². The fourth-order valence-corrected chi connectivity index (χ4v) is 3.22. The summed E-state index contributed by atoms with van der Waals surface area (Å²) < 4.78 is 26.3. The van der Waals surface area contributed by atoms with Gasteiger partial charge in [-0.2, -0.15) is 0 Å². The second kappa shape index (κ2) is 10.1. The van der Waals surface area contributed by atoms with E-state index in [9.17, 15) is 9.59 Å². The molecule has 10 heteroatoms. The first-order chi connectivity index (χ1) is 16.5. The molecule has 2 aromatic heterocycles. The lowest BCUT2D eigenvalue weighted by Crippen LogP contribution is -2.16. The molecule has 0 fully saturated rings. The van der Waals surface area contributed by atoms with Gasteiger partial charge in [-0.1, -0.05) is 28.9 Å². The average Bonchev–Trinajstić information content (AvgIpc) is 3.55. The monoisotopic (exact) mass is 482 g/mol.